The second kappa shape index (κ2) is 8.24. The van der Waals surface area contributed by atoms with Crippen LogP contribution >= 0.6 is 0 Å². The van der Waals surface area contributed by atoms with Gasteiger partial charge in [0.05, 0.1) is 29.8 Å². The predicted molar refractivity (Wildman–Crippen MR) is 99.8 cm³/mol. The first-order chi connectivity index (χ1) is 12.9. The van der Waals surface area contributed by atoms with E-state index in [0.29, 0.717) is 23.5 Å². The second-order valence-corrected chi connectivity index (χ2v) is 8.46. The van der Waals surface area contributed by atoms with Crippen LogP contribution in [0.1, 0.15) is 41.4 Å². The van der Waals surface area contributed by atoms with Crippen molar-refractivity contribution in [2.75, 3.05) is 6.61 Å². The molecule has 0 saturated carbocycles. The van der Waals surface area contributed by atoms with Crippen LogP contribution in [-0.4, -0.2) is 33.1 Å². The highest BCUT2D eigenvalue weighted by atomic mass is 32.2. The van der Waals surface area contributed by atoms with Crippen LogP contribution in [0.2, 0.25) is 0 Å². The molecule has 1 aromatic heterocycles. The Morgan fingerprint density at radius 3 is 2.81 bits per heavy atom. The molecule has 0 aliphatic carbocycles. The molecule has 27 heavy (non-hydrogen) atoms. The minimum atomic E-state index is -3.77. The molecule has 0 radical (unpaired) electrons. The number of hydrogen-bond acceptors (Lipinski definition) is 5. The minimum Gasteiger partial charge on any atom is -0.468 e. The van der Waals surface area contributed by atoms with Crippen molar-refractivity contribution in [2.45, 2.75) is 50.3 Å². The number of nitrogens with one attached hydrogen (secondary N) is 2. The van der Waals surface area contributed by atoms with Crippen LogP contribution in [0.5, 0.6) is 0 Å². The van der Waals surface area contributed by atoms with E-state index in [4.69, 9.17) is 9.15 Å². The predicted octanol–water partition coefficient (Wildman–Crippen LogP) is 2.36. The van der Waals surface area contributed by atoms with E-state index >= 15 is 0 Å². The van der Waals surface area contributed by atoms with E-state index in [0.717, 1.165) is 12.8 Å². The Morgan fingerprint density at radius 1 is 1.33 bits per heavy atom. The summed E-state index contributed by atoms with van der Waals surface area (Å²) in [7, 11) is -3.77. The van der Waals surface area contributed by atoms with Gasteiger partial charge >= 0.3 is 0 Å². The minimum absolute atomic E-state index is 0.00358. The van der Waals surface area contributed by atoms with Gasteiger partial charge in [-0.3, -0.25) is 4.79 Å². The molecule has 2 heterocycles. The lowest BCUT2D eigenvalue weighted by atomic mass is 10.1. The van der Waals surface area contributed by atoms with Crippen LogP contribution in [0, 0.1) is 6.92 Å². The maximum absolute atomic E-state index is 12.7. The highest BCUT2D eigenvalue weighted by Crippen LogP contribution is 2.19. The Kier molecular flexibility index (Phi) is 5.98. The van der Waals surface area contributed by atoms with Gasteiger partial charge in [-0.1, -0.05) is 6.07 Å². The van der Waals surface area contributed by atoms with Gasteiger partial charge in [0, 0.05) is 12.2 Å². The van der Waals surface area contributed by atoms with Crippen molar-refractivity contribution in [3.05, 3.63) is 53.5 Å². The molecule has 1 aliphatic rings. The Bertz CT molecular complexity index is 887. The molecule has 3 rings (SSSR count). The molecule has 1 fully saturated rings. The molecule has 1 aliphatic heterocycles. The highest BCUT2D eigenvalue weighted by molar-refractivity contribution is 7.89. The summed E-state index contributed by atoms with van der Waals surface area (Å²) in [4.78, 5) is 12.7. The Labute approximate surface area is 159 Å². The smallest absolute Gasteiger partial charge is 0.251 e. The van der Waals surface area contributed by atoms with Gasteiger partial charge in [-0.25, -0.2) is 13.1 Å². The summed E-state index contributed by atoms with van der Waals surface area (Å²) in [6, 6.07) is 7.75. The third-order valence-corrected chi connectivity index (χ3v) is 6.06. The van der Waals surface area contributed by atoms with Crippen molar-refractivity contribution in [1.29, 1.82) is 0 Å². The van der Waals surface area contributed by atoms with Gasteiger partial charge in [0.25, 0.3) is 5.91 Å². The zero-order valence-electron chi connectivity index (χ0n) is 15.4. The summed E-state index contributed by atoms with van der Waals surface area (Å²) in [5.74, 6) is 0.202. The average molecular weight is 392 g/mol. The number of amides is 1. The lowest BCUT2D eigenvalue weighted by Gasteiger charge is -2.20. The number of rotatable bonds is 7. The zero-order valence-corrected chi connectivity index (χ0v) is 16.2. The second-order valence-electron chi connectivity index (χ2n) is 6.69. The maximum Gasteiger partial charge on any atom is 0.251 e. The van der Waals surface area contributed by atoms with Gasteiger partial charge in [0.15, 0.2) is 0 Å². The molecule has 2 aromatic rings. The van der Waals surface area contributed by atoms with Crippen molar-refractivity contribution in [2.24, 2.45) is 0 Å². The van der Waals surface area contributed by atoms with Gasteiger partial charge in [0.1, 0.15) is 5.76 Å². The quantitative estimate of drug-likeness (QED) is 0.754. The fourth-order valence-electron chi connectivity index (χ4n) is 3.05. The van der Waals surface area contributed by atoms with Crippen LogP contribution < -0.4 is 10.0 Å². The average Bonchev–Trinajstić information content (AvgIpc) is 3.34. The fourth-order valence-corrected chi connectivity index (χ4v) is 4.07. The molecular formula is C19H24N2O5S. The van der Waals surface area contributed by atoms with Gasteiger partial charge < -0.3 is 14.5 Å². The number of hydrogen-bond donors (Lipinski definition) is 2. The number of furan rings is 1. The van der Waals surface area contributed by atoms with Crippen molar-refractivity contribution >= 4 is 15.9 Å². The standard InChI is InChI=1S/C19H24N2O5S/c1-13-7-8-16(27(23,24)20-12-15-5-3-9-25-15)11-17(13)19(22)21-14(2)18-6-4-10-26-18/h3,5,7-9,11,14,18,20H,4,6,10,12H2,1-2H3,(H,21,22). The van der Waals surface area contributed by atoms with Crippen LogP contribution in [-0.2, 0) is 21.3 Å². The zero-order chi connectivity index (χ0) is 19.4. The van der Waals surface area contributed by atoms with Gasteiger partial charge in [-0.15, -0.1) is 0 Å². The number of sulfonamides is 1. The SMILES string of the molecule is Cc1ccc(S(=O)(=O)NCc2ccco2)cc1C(=O)NC(C)C1CCCO1. The molecule has 7 nitrogen and oxygen atoms in total. The molecule has 1 saturated heterocycles. The van der Waals surface area contributed by atoms with E-state index in [1.165, 1.54) is 18.4 Å². The first-order valence-electron chi connectivity index (χ1n) is 8.92. The lowest BCUT2D eigenvalue weighted by molar-refractivity contribution is 0.0712. The summed E-state index contributed by atoms with van der Waals surface area (Å²) in [6.07, 6.45) is 3.37. The number of ether oxygens (including phenoxy) is 1. The molecule has 146 valence electrons. The molecule has 8 heteroatoms. The largest absolute Gasteiger partial charge is 0.468 e. The lowest BCUT2D eigenvalue weighted by Crippen LogP contribution is -2.41. The molecular weight excluding hydrogens is 368 g/mol. The third kappa shape index (κ3) is 4.77. The van der Waals surface area contributed by atoms with Crippen LogP contribution in [0.25, 0.3) is 0 Å². The van der Waals surface area contributed by atoms with Gasteiger partial charge in [-0.05, 0) is 56.5 Å². The highest BCUT2D eigenvalue weighted by Gasteiger charge is 2.25. The molecule has 1 amide bonds. The number of benzene rings is 1. The number of carbonyl (C=O) groups is 1. The van der Waals surface area contributed by atoms with Crippen molar-refractivity contribution in [3.8, 4) is 0 Å². The molecule has 0 bridgehead atoms. The summed E-state index contributed by atoms with van der Waals surface area (Å²) >= 11 is 0. The van der Waals surface area contributed by atoms with Crippen molar-refractivity contribution < 1.29 is 22.4 Å². The Hall–Kier alpha value is -2.16. The molecule has 2 N–H and O–H groups in total. The van der Waals surface area contributed by atoms with E-state index in [2.05, 4.69) is 10.0 Å². The Morgan fingerprint density at radius 2 is 2.15 bits per heavy atom. The van der Waals surface area contributed by atoms with E-state index in [1.807, 2.05) is 6.92 Å². The van der Waals surface area contributed by atoms with Crippen molar-refractivity contribution in [1.82, 2.24) is 10.0 Å². The maximum atomic E-state index is 12.7. The summed E-state index contributed by atoms with van der Waals surface area (Å²) in [5.41, 5.74) is 1.04. The third-order valence-electron chi connectivity index (χ3n) is 4.66. The van der Waals surface area contributed by atoms with E-state index < -0.39 is 10.0 Å². The van der Waals surface area contributed by atoms with E-state index in [9.17, 15) is 13.2 Å². The number of aryl methyl sites for hydroxylation is 1. The van der Waals surface area contributed by atoms with Crippen LogP contribution in [0.4, 0.5) is 0 Å². The summed E-state index contributed by atoms with van der Waals surface area (Å²) in [6.45, 7) is 4.42. The Balaban J connectivity index is 1.73. The normalized spacial score (nSPS) is 18.4. The first kappa shape index (κ1) is 19.6. The monoisotopic (exact) mass is 392 g/mol. The van der Waals surface area contributed by atoms with Crippen LogP contribution in [0.15, 0.2) is 45.9 Å². The van der Waals surface area contributed by atoms with Gasteiger partial charge in [0.2, 0.25) is 10.0 Å². The summed E-state index contributed by atoms with van der Waals surface area (Å²) in [5, 5.41) is 2.92. The molecule has 0 spiro atoms. The summed E-state index contributed by atoms with van der Waals surface area (Å²) < 4.78 is 38.3. The number of carbonyl (C=O) groups excluding carboxylic acids is 1. The molecule has 2 atom stereocenters. The topological polar surface area (TPSA) is 97.6 Å². The van der Waals surface area contributed by atoms with Crippen molar-refractivity contribution in [3.63, 3.8) is 0 Å². The first-order valence-corrected chi connectivity index (χ1v) is 10.4. The van der Waals surface area contributed by atoms with Crippen LogP contribution in [0.3, 0.4) is 0 Å². The molecule has 2 unspecified atom stereocenters. The fraction of sp³-hybridized carbons (Fsp3) is 0.421. The van der Waals surface area contributed by atoms with Gasteiger partial charge in [-0.2, -0.15) is 0 Å². The molecule has 1 aromatic carbocycles. The van der Waals surface area contributed by atoms with E-state index in [1.54, 1.807) is 25.1 Å². The van der Waals surface area contributed by atoms with E-state index in [-0.39, 0.29) is 29.5 Å².